The molecule has 0 aliphatic rings. The third kappa shape index (κ3) is 3.31. The number of hydrogen-bond acceptors (Lipinski definition) is 3. The van der Waals surface area contributed by atoms with Crippen LogP contribution in [0.5, 0.6) is 11.5 Å². The van der Waals surface area contributed by atoms with E-state index in [0.29, 0.717) is 11.5 Å². The first-order valence-corrected chi connectivity index (χ1v) is 6.40. The van der Waals surface area contributed by atoms with Crippen LogP contribution in [0, 0.1) is 5.82 Å². The standard InChI is InChI=1S/C16H16FNO3/c1-20-14-9-5-6-11(15(14)21-2)10-18-16(19)12-7-3-4-8-13(12)17/h3-9H,10H2,1-2H3,(H,18,19). The van der Waals surface area contributed by atoms with Crippen LogP contribution in [0.3, 0.4) is 0 Å². The maximum Gasteiger partial charge on any atom is 0.254 e. The Balaban J connectivity index is 2.14. The van der Waals surface area contributed by atoms with Gasteiger partial charge in [0.05, 0.1) is 19.8 Å². The van der Waals surface area contributed by atoms with Gasteiger partial charge in [-0.15, -0.1) is 0 Å². The zero-order valence-corrected chi connectivity index (χ0v) is 11.9. The minimum Gasteiger partial charge on any atom is -0.493 e. The molecule has 2 rings (SSSR count). The maximum atomic E-state index is 13.5. The van der Waals surface area contributed by atoms with Gasteiger partial charge in [-0.3, -0.25) is 4.79 Å². The monoisotopic (exact) mass is 289 g/mol. The summed E-state index contributed by atoms with van der Waals surface area (Å²) in [5.74, 6) is 0.106. The van der Waals surface area contributed by atoms with Crippen molar-refractivity contribution in [3.63, 3.8) is 0 Å². The van der Waals surface area contributed by atoms with Crippen LogP contribution in [0.25, 0.3) is 0 Å². The summed E-state index contributed by atoms with van der Waals surface area (Å²) in [7, 11) is 3.07. The van der Waals surface area contributed by atoms with Crippen LogP contribution in [-0.2, 0) is 6.54 Å². The summed E-state index contributed by atoms with van der Waals surface area (Å²) in [6, 6.07) is 11.2. The normalized spacial score (nSPS) is 10.0. The lowest BCUT2D eigenvalue weighted by molar-refractivity contribution is 0.0946. The van der Waals surface area contributed by atoms with Gasteiger partial charge in [0.15, 0.2) is 11.5 Å². The molecule has 0 fully saturated rings. The van der Waals surface area contributed by atoms with E-state index in [0.717, 1.165) is 5.56 Å². The van der Waals surface area contributed by atoms with E-state index in [1.165, 1.54) is 25.3 Å². The summed E-state index contributed by atoms with van der Waals surface area (Å²) in [4.78, 5) is 12.0. The van der Waals surface area contributed by atoms with E-state index in [1.54, 1.807) is 25.3 Å². The zero-order chi connectivity index (χ0) is 15.2. The molecule has 0 aromatic heterocycles. The highest BCUT2D eigenvalue weighted by Crippen LogP contribution is 2.30. The number of carbonyl (C=O) groups excluding carboxylic acids is 1. The number of ether oxygens (including phenoxy) is 2. The summed E-state index contributed by atoms with van der Waals surface area (Å²) >= 11 is 0. The summed E-state index contributed by atoms with van der Waals surface area (Å²) in [5.41, 5.74) is 0.765. The molecule has 0 spiro atoms. The van der Waals surface area contributed by atoms with Crippen molar-refractivity contribution in [3.8, 4) is 11.5 Å². The molecule has 0 atom stereocenters. The Kier molecular flexibility index (Phi) is 4.77. The molecule has 5 heteroatoms. The summed E-state index contributed by atoms with van der Waals surface area (Å²) in [6.45, 7) is 0.216. The highest BCUT2D eigenvalue weighted by Gasteiger charge is 2.13. The highest BCUT2D eigenvalue weighted by molar-refractivity contribution is 5.94. The molecule has 0 bridgehead atoms. The number of amides is 1. The van der Waals surface area contributed by atoms with Gasteiger partial charge in [0, 0.05) is 12.1 Å². The van der Waals surface area contributed by atoms with E-state index < -0.39 is 11.7 Å². The molecule has 1 N–H and O–H groups in total. The van der Waals surface area contributed by atoms with Crippen molar-refractivity contribution < 1.29 is 18.7 Å². The lowest BCUT2D eigenvalue weighted by Gasteiger charge is -2.13. The van der Waals surface area contributed by atoms with Gasteiger partial charge in [-0.2, -0.15) is 0 Å². The van der Waals surface area contributed by atoms with Gasteiger partial charge < -0.3 is 14.8 Å². The minimum absolute atomic E-state index is 0.0133. The van der Waals surface area contributed by atoms with Gasteiger partial charge in [0.1, 0.15) is 5.82 Å². The predicted molar refractivity (Wildman–Crippen MR) is 77.1 cm³/mol. The first-order chi connectivity index (χ1) is 10.2. The van der Waals surface area contributed by atoms with Crippen LogP contribution in [0.4, 0.5) is 4.39 Å². The number of halogens is 1. The zero-order valence-electron chi connectivity index (χ0n) is 11.9. The molecule has 2 aromatic rings. The number of methoxy groups -OCH3 is 2. The molecular weight excluding hydrogens is 273 g/mol. The molecule has 0 aliphatic heterocycles. The minimum atomic E-state index is -0.549. The van der Waals surface area contributed by atoms with Crippen molar-refractivity contribution >= 4 is 5.91 Å². The average molecular weight is 289 g/mol. The molecule has 2 aromatic carbocycles. The molecular formula is C16H16FNO3. The third-order valence-corrected chi connectivity index (χ3v) is 3.04. The molecule has 0 unspecified atom stereocenters. The summed E-state index contributed by atoms with van der Waals surface area (Å²) < 4.78 is 24.0. The fraction of sp³-hybridized carbons (Fsp3) is 0.188. The first kappa shape index (κ1) is 14.8. The van der Waals surface area contributed by atoms with E-state index in [2.05, 4.69) is 5.32 Å². The van der Waals surface area contributed by atoms with Crippen molar-refractivity contribution in [1.29, 1.82) is 0 Å². The van der Waals surface area contributed by atoms with Gasteiger partial charge in [0.25, 0.3) is 5.91 Å². The van der Waals surface area contributed by atoms with Crippen molar-refractivity contribution in [3.05, 3.63) is 59.4 Å². The van der Waals surface area contributed by atoms with E-state index in [-0.39, 0.29) is 12.1 Å². The molecule has 0 saturated carbocycles. The molecule has 0 heterocycles. The second kappa shape index (κ2) is 6.74. The average Bonchev–Trinajstić information content (AvgIpc) is 2.52. The number of benzene rings is 2. The second-order valence-electron chi connectivity index (χ2n) is 4.32. The predicted octanol–water partition coefficient (Wildman–Crippen LogP) is 2.77. The first-order valence-electron chi connectivity index (χ1n) is 6.40. The fourth-order valence-electron chi connectivity index (χ4n) is 2.01. The number of nitrogens with one attached hydrogen (secondary N) is 1. The molecule has 0 radical (unpaired) electrons. The molecule has 0 saturated heterocycles. The van der Waals surface area contributed by atoms with Gasteiger partial charge >= 0.3 is 0 Å². The van der Waals surface area contributed by atoms with Gasteiger partial charge in [-0.1, -0.05) is 24.3 Å². The lowest BCUT2D eigenvalue weighted by Crippen LogP contribution is -2.24. The van der Waals surface area contributed by atoms with Crippen LogP contribution in [0.2, 0.25) is 0 Å². The molecule has 4 nitrogen and oxygen atoms in total. The summed E-state index contributed by atoms with van der Waals surface area (Å²) in [5, 5.41) is 2.67. The maximum absolute atomic E-state index is 13.5. The van der Waals surface area contributed by atoms with Gasteiger partial charge in [-0.05, 0) is 18.2 Å². The molecule has 1 amide bonds. The van der Waals surface area contributed by atoms with E-state index in [1.807, 2.05) is 6.07 Å². The molecule has 21 heavy (non-hydrogen) atoms. The highest BCUT2D eigenvalue weighted by atomic mass is 19.1. The SMILES string of the molecule is COc1cccc(CNC(=O)c2ccccc2F)c1OC. The van der Waals surface area contributed by atoms with Crippen molar-refractivity contribution in [1.82, 2.24) is 5.32 Å². The Morgan fingerprint density at radius 2 is 1.86 bits per heavy atom. The third-order valence-electron chi connectivity index (χ3n) is 3.04. The van der Waals surface area contributed by atoms with Crippen molar-refractivity contribution in [2.45, 2.75) is 6.54 Å². The van der Waals surface area contributed by atoms with Crippen LogP contribution in [-0.4, -0.2) is 20.1 Å². The fourth-order valence-corrected chi connectivity index (χ4v) is 2.01. The van der Waals surface area contributed by atoms with E-state index in [9.17, 15) is 9.18 Å². The number of carbonyl (C=O) groups is 1. The molecule has 110 valence electrons. The topological polar surface area (TPSA) is 47.6 Å². The number of rotatable bonds is 5. The quantitative estimate of drug-likeness (QED) is 0.920. The Morgan fingerprint density at radius 3 is 2.52 bits per heavy atom. The Labute approximate surface area is 122 Å². The lowest BCUT2D eigenvalue weighted by atomic mass is 10.1. The Hall–Kier alpha value is -2.56. The van der Waals surface area contributed by atoms with Crippen molar-refractivity contribution in [2.24, 2.45) is 0 Å². The number of para-hydroxylation sites is 1. The smallest absolute Gasteiger partial charge is 0.254 e. The Bertz CT molecular complexity index is 643. The summed E-state index contributed by atoms with van der Waals surface area (Å²) in [6.07, 6.45) is 0. The largest absolute Gasteiger partial charge is 0.493 e. The van der Waals surface area contributed by atoms with Crippen LogP contribution in [0.1, 0.15) is 15.9 Å². The van der Waals surface area contributed by atoms with Crippen LogP contribution >= 0.6 is 0 Å². The van der Waals surface area contributed by atoms with Crippen LogP contribution in [0.15, 0.2) is 42.5 Å². The Morgan fingerprint density at radius 1 is 1.10 bits per heavy atom. The second-order valence-corrected chi connectivity index (χ2v) is 4.32. The number of hydrogen-bond donors (Lipinski definition) is 1. The van der Waals surface area contributed by atoms with Crippen LogP contribution < -0.4 is 14.8 Å². The van der Waals surface area contributed by atoms with E-state index in [4.69, 9.17) is 9.47 Å². The molecule has 0 aliphatic carbocycles. The van der Waals surface area contributed by atoms with E-state index >= 15 is 0 Å². The van der Waals surface area contributed by atoms with Gasteiger partial charge in [0.2, 0.25) is 0 Å². The van der Waals surface area contributed by atoms with Crippen molar-refractivity contribution in [2.75, 3.05) is 14.2 Å². The van der Waals surface area contributed by atoms with Gasteiger partial charge in [-0.25, -0.2) is 4.39 Å².